The SMILES string of the molecule is CCC(=O)C1Cc2cccc(CC)c2C(=O)O1. The molecule has 0 spiro atoms. The standard InChI is InChI=1S/C14H16O3/c1-3-9-6-5-7-10-8-12(11(15)4-2)17-14(16)13(9)10/h5-7,12H,3-4,8H2,1-2H3. The topological polar surface area (TPSA) is 43.4 Å². The molecular formula is C14H16O3. The Balaban J connectivity index is 2.38. The highest BCUT2D eigenvalue weighted by Crippen LogP contribution is 2.25. The minimum atomic E-state index is -0.591. The summed E-state index contributed by atoms with van der Waals surface area (Å²) in [5.74, 6) is -0.360. The predicted octanol–water partition coefficient (Wildman–Crippen LogP) is 2.31. The van der Waals surface area contributed by atoms with E-state index in [1.165, 1.54) is 0 Å². The lowest BCUT2D eigenvalue weighted by atomic mass is 9.91. The monoisotopic (exact) mass is 232 g/mol. The maximum atomic E-state index is 11.9. The molecule has 0 bridgehead atoms. The number of Topliss-reactive ketones (excluding diaryl/α,β-unsaturated/α-hetero) is 1. The third-order valence-electron chi connectivity index (χ3n) is 3.18. The number of carbonyl (C=O) groups excluding carboxylic acids is 2. The van der Waals surface area contributed by atoms with Crippen LogP contribution in [0.4, 0.5) is 0 Å². The molecule has 0 aromatic heterocycles. The van der Waals surface area contributed by atoms with Crippen molar-refractivity contribution in [3.05, 3.63) is 34.9 Å². The molecule has 1 aliphatic heterocycles. The molecule has 1 aromatic carbocycles. The van der Waals surface area contributed by atoms with Gasteiger partial charge in [-0.25, -0.2) is 4.79 Å². The second-order valence-electron chi connectivity index (χ2n) is 4.22. The first kappa shape index (κ1) is 11.8. The van der Waals surface area contributed by atoms with E-state index in [-0.39, 0.29) is 11.8 Å². The van der Waals surface area contributed by atoms with E-state index in [0.717, 1.165) is 17.5 Å². The van der Waals surface area contributed by atoms with Crippen LogP contribution in [-0.4, -0.2) is 17.9 Å². The van der Waals surface area contributed by atoms with E-state index < -0.39 is 6.10 Å². The van der Waals surface area contributed by atoms with Gasteiger partial charge >= 0.3 is 5.97 Å². The average Bonchev–Trinajstić information content (AvgIpc) is 2.36. The Morgan fingerprint density at radius 3 is 2.82 bits per heavy atom. The van der Waals surface area contributed by atoms with Crippen LogP contribution in [-0.2, 0) is 22.4 Å². The van der Waals surface area contributed by atoms with Gasteiger partial charge in [-0.15, -0.1) is 0 Å². The summed E-state index contributed by atoms with van der Waals surface area (Å²) in [6, 6.07) is 5.77. The molecule has 0 saturated heterocycles. The fraction of sp³-hybridized carbons (Fsp3) is 0.429. The molecule has 2 rings (SSSR count). The number of aryl methyl sites for hydroxylation is 1. The van der Waals surface area contributed by atoms with Gasteiger partial charge in [-0.3, -0.25) is 4.79 Å². The molecule has 1 unspecified atom stereocenters. The van der Waals surface area contributed by atoms with Crippen LogP contribution in [0.1, 0.15) is 41.8 Å². The van der Waals surface area contributed by atoms with Gasteiger partial charge in [-0.05, 0) is 17.5 Å². The number of hydrogen-bond acceptors (Lipinski definition) is 3. The summed E-state index contributed by atoms with van der Waals surface area (Å²) < 4.78 is 5.22. The number of cyclic esters (lactones) is 1. The summed E-state index contributed by atoms with van der Waals surface area (Å²) >= 11 is 0. The second-order valence-corrected chi connectivity index (χ2v) is 4.22. The predicted molar refractivity (Wildman–Crippen MR) is 64.0 cm³/mol. The van der Waals surface area contributed by atoms with E-state index in [0.29, 0.717) is 18.4 Å². The van der Waals surface area contributed by atoms with Crippen molar-refractivity contribution in [1.29, 1.82) is 0 Å². The molecule has 17 heavy (non-hydrogen) atoms. The minimum Gasteiger partial charge on any atom is -0.450 e. The summed E-state index contributed by atoms with van der Waals surface area (Å²) in [6.45, 7) is 3.79. The summed E-state index contributed by atoms with van der Waals surface area (Å²) in [7, 11) is 0. The maximum Gasteiger partial charge on any atom is 0.339 e. The number of hydrogen-bond donors (Lipinski definition) is 0. The third kappa shape index (κ3) is 2.09. The average molecular weight is 232 g/mol. The van der Waals surface area contributed by atoms with Crippen molar-refractivity contribution in [3.63, 3.8) is 0 Å². The van der Waals surface area contributed by atoms with E-state index in [9.17, 15) is 9.59 Å². The maximum absolute atomic E-state index is 11.9. The van der Waals surface area contributed by atoms with Crippen molar-refractivity contribution >= 4 is 11.8 Å². The minimum absolute atomic E-state index is 0.00842. The van der Waals surface area contributed by atoms with Crippen LogP contribution in [0, 0.1) is 0 Å². The molecule has 0 fully saturated rings. The first-order chi connectivity index (χ1) is 8.17. The zero-order chi connectivity index (χ0) is 12.4. The molecular weight excluding hydrogens is 216 g/mol. The van der Waals surface area contributed by atoms with Crippen molar-refractivity contribution in [3.8, 4) is 0 Å². The lowest BCUT2D eigenvalue weighted by molar-refractivity contribution is -0.127. The van der Waals surface area contributed by atoms with Crippen molar-refractivity contribution in [1.82, 2.24) is 0 Å². The number of benzene rings is 1. The molecule has 90 valence electrons. The number of rotatable bonds is 3. The van der Waals surface area contributed by atoms with Crippen LogP contribution in [0.25, 0.3) is 0 Å². The lowest BCUT2D eigenvalue weighted by Gasteiger charge is -2.24. The van der Waals surface area contributed by atoms with E-state index in [1.54, 1.807) is 6.92 Å². The molecule has 0 saturated carbocycles. The van der Waals surface area contributed by atoms with Gasteiger partial charge < -0.3 is 4.74 Å². The van der Waals surface area contributed by atoms with E-state index in [2.05, 4.69) is 0 Å². The third-order valence-corrected chi connectivity index (χ3v) is 3.18. The fourth-order valence-corrected chi connectivity index (χ4v) is 2.22. The Kier molecular flexibility index (Phi) is 3.27. The van der Waals surface area contributed by atoms with Gasteiger partial charge in [-0.1, -0.05) is 32.0 Å². The number of carbonyl (C=O) groups is 2. The second kappa shape index (κ2) is 4.70. The fourth-order valence-electron chi connectivity index (χ4n) is 2.22. The van der Waals surface area contributed by atoms with E-state index in [4.69, 9.17) is 4.74 Å². The van der Waals surface area contributed by atoms with Gasteiger partial charge in [0, 0.05) is 12.8 Å². The molecule has 1 heterocycles. The zero-order valence-corrected chi connectivity index (χ0v) is 10.2. The molecule has 0 radical (unpaired) electrons. The molecule has 1 aliphatic rings. The molecule has 0 amide bonds. The quantitative estimate of drug-likeness (QED) is 0.751. The summed E-state index contributed by atoms with van der Waals surface area (Å²) in [6.07, 6.45) is 1.12. The molecule has 0 aliphatic carbocycles. The van der Waals surface area contributed by atoms with Crippen LogP contribution in [0.5, 0.6) is 0 Å². The highest BCUT2D eigenvalue weighted by molar-refractivity contribution is 5.97. The number of esters is 1. The summed E-state index contributed by atoms with van der Waals surface area (Å²) in [4.78, 5) is 23.5. The number of fused-ring (bicyclic) bond motifs is 1. The van der Waals surface area contributed by atoms with Crippen LogP contribution in [0.3, 0.4) is 0 Å². The summed E-state index contributed by atoms with van der Waals surface area (Å²) in [5, 5.41) is 0. The number of ether oxygens (including phenoxy) is 1. The van der Waals surface area contributed by atoms with Gasteiger partial charge in [0.25, 0.3) is 0 Å². The van der Waals surface area contributed by atoms with Gasteiger partial charge in [0.05, 0.1) is 5.56 Å². The molecule has 3 heteroatoms. The molecule has 1 atom stereocenters. The zero-order valence-electron chi connectivity index (χ0n) is 10.2. The van der Waals surface area contributed by atoms with Crippen LogP contribution in [0.2, 0.25) is 0 Å². The van der Waals surface area contributed by atoms with Gasteiger partial charge in [0.1, 0.15) is 0 Å². The largest absolute Gasteiger partial charge is 0.450 e. The van der Waals surface area contributed by atoms with Crippen molar-refractivity contribution < 1.29 is 14.3 Å². The Morgan fingerprint density at radius 1 is 1.41 bits per heavy atom. The normalized spacial score (nSPS) is 18.5. The Bertz CT molecular complexity index is 463. The van der Waals surface area contributed by atoms with Crippen molar-refractivity contribution in [2.45, 2.75) is 39.2 Å². The van der Waals surface area contributed by atoms with Crippen molar-refractivity contribution in [2.24, 2.45) is 0 Å². The van der Waals surface area contributed by atoms with Crippen molar-refractivity contribution in [2.75, 3.05) is 0 Å². The molecule has 1 aromatic rings. The molecule has 0 N–H and O–H groups in total. The first-order valence-corrected chi connectivity index (χ1v) is 6.01. The van der Waals surface area contributed by atoms with E-state index in [1.807, 2.05) is 25.1 Å². The Hall–Kier alpha value is -1.64. The van der Waals surface area contributed by atoms with Crippen LogP contribution >= 0.6 is 0 Å². The molecule has 3 nitrogen and oxygen atoms in total. The number of ketones is 1. The van der Waals surface area contributed by atoms with Crippen LogP contribution < -0.4 is 0 Å². The van der Waals surface area contributed by atoms with Gasteiger partial charge in [0.15, 0.2) is 11.9 Å². The highest BCUT2D eigenvalue weighted by Gasteiger charge is 2.31. The Morgan fingerprint density at radius 2 is 2.18 bits per heavy atom. The highest BCUT2D eigenvalue weighted by atomic mass is 16.5. The first-order valence-electron chi connectivity index (χ1n) is 6.01. The Labute approximate surface area is 101 Å². The van der Waals surface area contributed by atoms with Gasteiger partial charge in [0.2, 0.25) is 0 Å². The lowest BCUT2D eigenvalue weighted by Crippen LogP contribution is -2.34. The summed E-state index contributed by atoms with van der Waals surface area (Å²) in [5.41, 5.74) is 2.59. The van der Waals surface area contributed by atoms with Gasteiger partial charge in [-0.2, -0.15) is 0 Å². The smallest absolute Gasteiger partial charge is 0.339 e. The van der Waals surface area contributed by atoms with E-state index >= 15 is 0 Å². The van der Waals surface area contributed by atoms with Crippen LogP contribution in [0.15, 0.2) is 18.2 Å².